The smallest absolute Gasteiger partial charge is 0.216 e. The molecule has 0 bridgehead atoms. The molecule has 44 heavy (non-hydrogen) atoms. The maximum absolute atomic E-state index is 10.6. The molecule has 7 aromatic rings. The molecule has 3 nitrogen and oxygen atoms in total. The molecular weight excluding hydrogens is 534 g/mol. The van der Waals surface area contributed by atoms with Gasteiger partial charge in [0, 0.05) is 16.2 Å². The van der Waals surface area contributed by atoms with Crippen LogP contribution >= 0.6 is 0 Å². The molecule has 0 atom stereocenters. The molecule has 0 spiro atoms. The first-order valence-electron chi connectivity index (χ1n) is 14.8. The van der Waals surface area contributed by atoms with Gasteiger partial charge >= 0.3 is 0 Å². The highest BCUT2D eigenvalue weighted by Crippen LogP contribution is 2.55. The summed E-state index contributed by atoms with van der Waals surface area (Å²) in [6.07, 6.45) is 0. The molecule has 6 aromatic carbocycles. The third kappa shape index (κ3) is 3.60. The predicted molar refractivity (Wildman–Crippen MR) is 180 cm³/mol. The average Bonchev–Trinajstić information content (AvgIpc) is 3.52. The van der Waals surface area contributed by atoms with Crippen molar-refractivity contribution in [2.45, 2.75) is 19.3 Å². The molecule has 3 heteroatoms. The quantitative estimate of drug-likeness (QED) is 0.198. The SMILES string of the molecule is [C-]#[N+]c1c(-n2c3ccc(-c4ccccc4)cc3c3cc(-c4ccccc4)ccc32)c(C#N)cc2c1C(C)(C)c1ccccc1-2. The van der Waals surface area contributed by atoms with Gasteiger partial charge in [-0.15, -0.1) is 0 Å². The van der Waals surface area contributed by atoms with Crippen LogP contribution in [0.5, 0.6) is 0 Å². The molecule has 1 heterocycles. The number of fused-ring (bicyclic) bond motifs is 6. The van der Waals surface area contributed by atoms with Crippen LogP contribution in [0.25, 0.3) is 65.7 Å². The van der Waals surface area contributed by atoms with Crippen LogP contribution in [0.3, 0.4) is 0 Å². The van der Waals surface area contributed by atoms with E-state index in [0.717, 1.165) is 60.8 Å². The van der Waals surface area contributed by atoms with Gasteiger partial charge in [0.1, 0.15) is 0 Å². The van der Waals surface area contributed by atoms with Crippen molar-refractivity contribution in [3.05, 3.63) is 156 Å². The Morgan fingerprint density at radius 2 is 1.18 bits per heavy atom. The molecule has 1 aromatic heterocycles. The van der Waals surface area contributed by atoms with E-state index in [1.807, 2.05) is 24.3 Å². The molecule has 0 aliphatic heterocycles. The fourth-order valence-electron chi connectivity index (χ4n) is 7.21. The zero-order valence-electron chi connectivity index (χ0n) is 24.5. The summed E-state index contributed by atoms with van der Waals surface area (Å²) in [6.45, 7) is 12.9. The summed E-state index contributed by atoms with van der Waals surface area (Å²) < 4.78 is 2.15. The van der Waals surface area contributed by atoms with E-state index in [1.165, 1.54) is 5.56 Å². The fraction of sp³-hybridized carbons (Fsp3) is 0.0732. The van der Waals surface area contributed by atoms with Crippen LogP contribution in [0.15, 0.2) is 127 Å². The number of nitriles is 1. The van der Waals surface area contributed by atoms with Crippen LogP contribution in [0.4, 0.5) is 5.69 Å². The second kappa shape index (κ2) is 9.56. The summed E-state index contributed by atoms with van der Waals surface area (Å²) in [5.41, 5.74) is 12.0. The molecule has 0 unspecified atom stereocenters. The van der Waals surface area contributed by atoms with Crippen molar-refractivity contribution >= 4 is 27.5 Å². The first-order valence-corrected chi connectivity index (χ1v) is 14.8. The minimum absolute atomic E-state index is 0.381. The first kappa shape index (κ1) is 25.8. The molecule has 206 valence electrons. The zero-order chi connectivity index (χ0) is 30.0. The lowest BCUT2D eigenvalue weighted by molar-refractivity contribution is 0.663. The summed E-state index contributed by atoms with van der Waals surface area (Å²) in [4.78, 5) is 4.21. The van der Waals surface area contributed by atoms with Crippen molar-refractivity contribution in [3.8, 4) is 45.1 Å². The Balaban J connectivity index is 1.49. The maximum atomic E-state index is 10.6. The second-order valence-electron chi connectivity index (χ2n) is 12.0. The minimum Gasteiger partial charge on any atom is -0.318 e. The summed E-state index contributed by atoms with van der Waals surface area (Å²) in [6, 6.07) is 46.7. The van der Waals surface area contributed by atoms with Gasteiger partial charge in [-0.2, -0.15) is 5.26 Å². The van der Waals surface area contributed by atoms with Crippen LogP contribution in [0, 0.1) is 17.9 Å². The molecular formula is C41H27N3. The molecule has 0 radical (unpaired) electrons. The van der Waals surface area contributed by atoms with Crippen molar-refractivity contribution in [2.75, 3.05) is 0 Å². The van der Waals surface area contributed by atoms with Gasteiger partial charge in [0.25, 0.3) is 0 Å². The molecule has 0 saturated carbocycles. The van der Waals surface area contributed by atoms with Gasteiger partial charge in [-0.3, -0.25) is 0 Å². The number of hydrogen-bond donors (Lipinski definition) is 0. The normalized spacial score (nSPS) is 12.9. The van der Waals surface area contributed by atoms with Gasteiger partial charge in [-0.1, -0.05) is 111 Å². The van der Waals surface area contributed by atoms with Crippen LogP contribution in [0.2, 0.25) is 0 Å². The van der Waals surface area contributed by atoms with Gasteiger partial charge in [0.05, 0.1) is 34.9 Å². The number of hydrogen-bond acceptors (Lipinski definition) is 1. The van der Waals surface area contributed by atoms with E-state index >= 15 is 0 Å². The van der Waals surface area contributed by atoms with E-state index in [1.54, 1.807) is 0 Å². The molecule has 0 N–H and O–H groups in total. The van der Waals surface area contributed by atoms with Gasteiger partial charge in [-0.05, 0) is 74.8 Å². The van der Waals surface area contributed by atoms with E-state index in [0.29, 0.717) is 16.9 Å². The topological polar surface area (TPSA) is 33.1 Å². The Bertz CT molecular complexity index is 2270. The summed E-state index contributed by atoms with van der Waals surface area (Å²) >= 11 is 0. The molecule has 0 fully saturated rings. The highest BCUT2D eigenvalue weighted by molar-refractivity contribution is 6.12. The van der Waals surface area contributed by atoms with Crippen molar-refractivity contribution < 1.29 is 0 Å². The second-order valence-corrected chi connectivity index (χ2v) is 12.0. The lowest BCUT2D eigenvalue weighted by Crippen LogP contribution is -2.16. The number of aromatic nitrogens is 1. The zero-order valence-corrected chi connectivity index (χ0v) is 24.5. The van der Waals surface area contributed by atoms with Gasteiger partial charge in [-0.25, -0.2) is 4.85 Å². The van der Waals surface area contributed by atoms with Gasteiger partial charge < -0.3 is 4.57 Å². The van der Waals surface area contributed by atoms with Crippen molar-refractivity contribution in [2.24, 2.45) is 0 Å². The predicted octanol–water partition coefficient (Wildman–Crippen LogP) is 10.8. The summed E-state index contributed by atoms with van der Waals surface area (Å²) in [5, 5.41) is 12.8. The highest BCUT2D eigenvalue weighted by Gasteiger charge is 2.39. The largest absolute Gasteiger partial charge is 0.318 e. The van der Waals surface area contributed by atoms with E-state index in [9.17, 15) is 5.26 Å². The Kier molecular flexibility index (Phi) is 5.60. The van der Waals surface area contributed by atoms with Crippen LogP contribution in [0.1, 0.15) is 30.5 Å². The standard InChI is InChI=1S/C41H27N3/c1-41(2)35-17-11-10-16-31(35)34-24-30(25-42)40(39(43-3)38(34)41)44-36-20-18-28(26-12-6-4-7-13-26)22-32(36)33-23-29(19-21-37(33)44)27-14-8-5-9-15-27/h4-24H,1-2H3. The van der Waals surface area contributed by atoms with Crippen LogP contribution in [-0.4, -0.2) is 4.57 Å². The number of rotatable bonds is 3. The number of benzene rings is 6. The molecule has 1 aliphatic rings. The van der Waals surface area contributed by atoms with Crippen molar-refractivity contribution in [1.29, 1.82) is 5.26 Å². The number of nitrogens with zero attached hydrogens (tertiary/aromatic N) is 3. The molecule has 0 saturated heterocycles. The lowest BCUT2D eigenvalue weighted by atomic mass is 9.81. The fourth-order valence-corrected chi connectivity index (χ4v) is 7.21. The Morgan fingerprint density at radius 1 is 0.636 bits per heavy atom. The Hall–Kier alpha value is -5.90. The van der Waals surface area contributed by atoms with Crippen LogP contribution < -0.4 is 0 Å². The first-order chi connectivity index (χ1) is 21.5. The summed E-state index contributed by atoms with van der Waals surface area (Å²) in [7, 11) is 0. The monoisotopic (exact) mass is 561 g/mol. The third-order valence-corrected chi connectivity index (χ3v) is 9.23. The maximum Gasteiger partial charge on any atom is 0.216 e. The molecule has 1 aliphatic carbocycles. The molecule has 8 rings (SSSR count). The third-order valence-electron chi connectivity index (χ3n) is 9.23. The Labute approximate surface area is 256 Å². The highest BCUT2D eigenvalue weighted by atomic mass is 15.0. The average molecular weight is 562 g/mol. The van der Waals surface area contributed by atoms with E-state index in [2.05, 4.69) is 132 Å². The molecule has 0 amide bonds. The van der Waals surface area contributed by atoms with E-state index in [-0.39, 0.29) is 5.41 Å². The van der Waals surface area contributed by atoms with Gasteiger partial charge in [0.15, 0.2) is 0 Å². The minimum atomic E-state index is -0.381. The Morgan fingerprint density at radius 3 is 1.73 bits per heavy atom. The van der Waals surface area contributed by atoms with E-state index < -0.39 is 0 Å². The van der Waals surface area contributed by atoms with Gasteiger partial charge in [0.2, 0.25) is 5.69 Å². The van der Waals surface area contributed by atoms with E-state index in [4.69, 9.17) is 6.57 Å². The summed E-state index contributed by atoms with van der Waals surface area (Å²) in [5.74, 6) is 0. The van der Waals surface area contributed by atoms with Crippen molar-refractivity contribution in [1.82, 2.24) is 4.57 Å². The lowest BCUT2D eigenvalue weighted by Gasteiger charge is -2.25. The van der Waals surface area contributed by atoms with Crippen LogP contribution in [-0.2, 0) is 5.41 Å². The van der Waals surface area contributed by atoms with Crippen molar-refractivity contribution in [3.63, 3.8) is 0 Å².